The first-order valence-electron chi connectivity index (χ1n) is 13.2. The van der Waals surface area contributed by atoms with E-state index in [1.165, 1.54) is 32.1 Å². The second-order valence-electron chi connectivity index (χ2n) is 9.81. The Morgan fingerprint density at radius 3 is 2.37 bits per heavy atom. The number of amides is 3. The second-order valence-corrected chi connectivity index (χ2v) is 9.81. The van der Waals surface area contributed by atoms with E-state index in [0.29, 0.717) is 32.1 Å². The van der Waals surface area contributed by atoms with Crippen molar-refractivity contribution in [3.05, 3.63) is 23.9 Å². The average Bonchev–Trinajstić information content (AvgIpc) is 3.51. The third kappa shape index (κ3) is 10.1. The van der Waals surface area contributed by atoms with Crippen molar-refractivity contribution >= 4 is 35.4 Å². The Kier molecular flexibility index (Phi) is 13.2. The molecule has 38 heavy (non-hydrogen) atoms. The fraction of sp³-hybridized carbons (Fsp3) is 0.571. The molecule has 3 amide bonds. The first kappa shape index (κ1) is 30.7. The Morgan fingerprint density at radius 2 is 1.84 bits per heavy atom. The van der Waals surface area contributed by atoms with Gasteiger partial charge in [-0.05, 0) is 31.7 Å². The number of carbonyl (C=O) groups is 4. The lowest BCUT2D eigenvalue weighted by Gasteiger charge is -2.15. The van der Waals surface area contributed by atoms with Gasteiger partial charge in [0.25, 0.3) is 0 Å². The summed E-state index contributed by atoms with van der Waals surface area (Å²) in [6, 6.07) is 5.22. The van der Waals surface area contributed by atoms with Crippen molar-refractivity contribution < 1.29 is 28.7 Å². The van der Waals surface area contributed by atoms with Gasteiger partial charge < -0.3 is 35.2 Å². The molecule has 1 aromatic carbocycles. The number of nitrogens with one attached hydrogen (secondary N) is 4. The van der Waals surface area contributed by atoms with Gasteiger partial charge in [0, 0.05) is 35.7 Å². The number of aldehydes is 1. The van der Waals surface area contributed by atoms with E-state index in [1.807, 2.05) is 19.1 Å². The van der Waals surface area contributed by atoms with E-state index < -0.39 is 11.9 Å². The summed E-state index contributed by atoms with van der Waals surface area (Å²) < 4.78 is 10.5. The molecule has 0 bridgehead atoms. The summed E-state index contributed by atoms with van der Waals surface area (Å²) in [6.45, 7) is 4.81. The third-order valence-corrected chi connectivity index (χ3v) is 6.72. The van der Waals surface area contributed by atoms with Crippen molar-refractivity contribution in [3.8, 4) is 11.5 Å². The Balaban J connectivity index is 0.000000216. The molecule has 2 unspecified atom stereocenters. The fourth-order valence-electron chi connectivity index (χ4n) is 4.63. The van der Waals surface area contributed by atoms with Crippen LogP contribution in [-0.2, 0) is 19.2 Å². The summed E-state index contributed by atoms with van der Waals surface area (Å²) in [6.07, 6.45) is 9.41. The lowest BCUT2D eigenvalue weighted by Crippen LogP contribution is -2.42. The van der Waals surface area contributed by atoms with Crippen LogP contribution in [0.3, 0.4) is 0 Å². The van der Waals surface area contributed by atoms with Gasteiger partial charge in [0.1, 0.15) is 17.8 Å². The van der Waals surface area contributed by atoms with Crippen molar-refractivity contribution in [2.45, 2.75) is 64.8 Å². The molecule has 1 saturated heterocycles. The monoisotopic (exact) mass is 530 g/mol. The predicted molar refractivity (Wildman–Crippen MR) is 146 cm³/mol. The molecule has 1 aromatic heterocycles. The van der Waals surface area contributed by atoms with Crippen LogP contribution >= 0.6 is 0 Å². The molecule has 10 heteroatoms. The van der Waals surface area contributed by atoms with Gasteiger partial charge in [-0.3, -0.25) is 14.4 Å². The van der Waals surface area contributed by atoms with Gasteiger partial charge >= 0.3 is 0 Å². The van der Waals surface area contributed by atoms with Crippen LogP contribution in [0, 0.1) is 18.8 Å². The van der Waals surface area contributed by atoms with Crippen LogP contribution in [0.4, 0.5) is 0 Å². The van der Waals surface area contributed by atoms with E-state index >= 15 is 0 Å². The Labute approximate surface area is 224 Å². The maximum atomic E-state index is 11.3. The largest absolute Gasteiger partial charge is 0.497 e. The van der Waals surface area contributed by atoms with Crippen molar-refractivity contribution in [1.82, 2.24) is 20.9 Å². The molecule has 2 atom stereocenters. The first-order valence-corrected chi connectivity index (χ1v) is 13.2. The Bertz CT molecular complexity index is 1050. The molecule has 10 nitrogen and oxygen atoms in total. The highest BCUT2D eigenvalue weighted by Crippen LogP contribution is 2.31. The van der Waals surface area contributed by atoms with Gasteiger partial charge in [0.05, 0.1) is 32.3 Å². The van der Waals surface area contributed by atoms with Crippen LogP contribution in [0.5, 0.6) is 11.5 Å². The molecule has 0 radical (unpaired) electrons. The summed E-state index contributed by atoms with van der Waals surface area (Å²) >= 11 is 0. The number of benzene rings is 1. The molecule has 1 aliphatic carbocycles. The van der Waals surface area contributed by atoms with Crippen LogP contribution in [0.1, 0.15) is 57.6 Å². The molecule has 2 fully saturated rings. The molecule has 2 heterocycles. The summed E-state index contributed by atoms with van der Waals surface area (Å²) in [7, 11) is 3.31. The first-order chi connectivity index (χ1) is 18.3. The minimum Gasteiger partial charge on any atom is -0.497 e. The van der Waals surface area contributed by atoms with Gasteiger partial charge in [0.2, 0.25) is 18.2 Å². The van der Waals surface area contributed by atoms with E-state index in [4.69, 9.17) is 9.47 Å². The van der Waals surface area contributed by atoms with E-state index in [9.17, 15) is 19.2 Å². The number of H-pyrrole nitrogens is 1. The standard InChI is InChI=1S/C11H13NO2.C10H15N3O4.C7H14/c1-7-4-9-10(12-7)5-8(13-2)6-11(9)14-3;14-5-8(13-9(16)4-11-6-15)3-7-1-2-12-10(7)17;1-7-5-3-2-4-6-7/h4-6,12H,1-3H3;5-8H,1-4H2,(H,11,15)(H,12,17)(H,13,16);7H,2-6H2,1H3. The zero-order valence-electron chi connectivity index (χ0n) is 22.9. The van der Waals surface area contributed by atoms with Gasteiger partial charge in [0.15, 0.2) is 0 Å². The van der Waals surface area contributed by atoms with Crippen LogP contribution in [0.15, 0.2) is 18.2 Å². The minimum atomic E-state index is -0.690. The number of aryl methyl sites for hydroxylation is 1. The summed E-state index contributed by atoms with van der Waals surface area (Å²) in [5.41, 5.74) is 2.16. The molecule has 2 aromatic rings. The highest BCUT2D eigenvalue weighted by Gasteiger charge is 2.27. The number of aromatic amines is 1. The second kappa shape index (κ2) is 16.3. The van der Waals surface area contributed by atoms with Gasteiger partial charge in [-0.25, -0.2) is 0 Å². The molecule has 1 saturated carbocycles. The number of methoxy groups -OCH3 is 2. The lowest BCUT2D eigenvalue weighted by atomic mass is 9.91. The summed E-state index contributed by atoms with van der Waals surface area (Å²) in [5, 5.41) is 8.38. The summed E-state index contributed by atoms with van der Waals surface area (Å²) in [4.78, 5) is 46.5. The van der Waals surface area contributed by atoms with E-state index in [0.717, 1.165) is 34.0 Å². The van der Waals surface area contributed by atoms with Crippen LogP contribution in [0.2, 0.25) is 0 Å². The molecule has 4 N–H and O–H groups in total. The average molecular weight is 531 g/mol. The van der Waals surface area contributed by atoms with Gasteiger partial charge in [-0.1, -0.05) is 39.0 Å². The topological polar surface area (TPSA) is 139 Å². The zero-order valence-corrected chi connectivity index (χ0v) is 22.9. The van der Waals surface area contributed by atoms with E-state index in [1.54, 1.807) is 14.2 Å². The van der Waals surface area contributed by atoms with Gasteiger partial charge in [-0.2, -0.15) is 0 Å². The van der Waals surface area contributed by atoms with Crippen molar-refractivity contribution in [1.29, 1.82) is 0 Å². The SMILES string of the molecule is CC1CCCCC1.COc1cc(OC)c2cc(C)[nH]c2c1.O=CNCC(=O)NC(C=O)CC1CCNC1=O. The molecular formula is C28H42N4O6. The quantitative estimate of drug-likeness (QED) is 0.368. The Morgan fingerprint density at radius 1 is 1.11 bits per heavy atom. The smallest absolute Gasteiger partial charge is 0.239 e. The number of hydrogen-bond donors (Lipinski definition) is 4. The Hall–Kier alpha value is -3.56. The highest BCUT2D eigenvalue weighted by atomic mass is 16.5. The molecule has 1 aliphatic heterocycles. The number of aromatic nitrogens is 1. The zero-order chi connectivity index (χ0) is 27.9. The number of ether oxygens (including phenoxy) is 2. The van der Waals surface area contributed by atoms with Gasteiger partial charge in [-0.15, -0.1) is 0 Å². The molecule has 2 aliphatic rings. The third-order valence-electron chi connectivity index (χ3n) is 6.72. The summed E-state index contributed by atoms with van der Waals surface area (Å²) in [5.74, 6) is 1.91. The van der Waals surface area contributed by atoms with Crippen molar-refractivity contribution in [3.63, 3.8) is 0 Å². The highest BCUT2D eigenvalue weighted by molar-refractivity contribution is 5.88. The molecule has 0 spiro atoms. The fourth-order valence-corrected chi connectivity index (χ4v) is 4.63. The normalized spacial score (nSPS) is 17.6. The maximum Gasteiger partial charge on any atom is 0.239 e. The number of hydrogen-bond acceptors (Lipinski definition) is 6. The minimum absolute atomic E-state index is 0.0860. The molecule has 4 rings (SSSR count). The van der Waals surface area contributed by atoms with Crippen molar-refractivity contribution in [2.75, 3.05) is 27.3 Å². The number of rotatable bonds is 9. The van der Waals surface area contributed by atoms with Crippen LogP contribution in [-0.4, -0.2) is 62.8 Å². The van der Waals surface area contributed by atoms with Crippen LogP contribution in [0.25, 0.3) is 10.9 Å². The maximum absolute atomic E-state index is 11.3. The van der Waals surface area contributed by atoms with Crippen LogP contribution < -0.4 is 25.4 Å². The van der Waals surface area contributed by atoms with Crippen molar-refractivity contribution in [2.24, 2.45) is 11.8 Å². The molecule has 210 valence electrons. The lowest BCUT2D eigenvalue weighted by molar-refractivity contribution is -0.126. The van der Waals surface area contributed by atoms with E-state index in [-0.39, 0.29) is 18.4 Å². The van der Waals surface area contributed by atoms with E-state index in [2.05, 4.69) is 33.9 Å². The number of carbonyl (C=O) groups excluding carboxylic acids is 4. The molecular weight excluding hydrogens is 488 g/mol. The number of fused-ring (bicyclic) bond motifs is 1. The predicted octanol–water partition coefficient (Wildman–Crippen LogP) is 3.02.